The van der Waals surface area contributed by atoms with Gasteiger partial charge < -0.3 is 9.73 Å². The zero-order chi connectivity index (χ0) is 18.1. The molecule has 3 saturated heterocycles. The lowest BCUT2D eigenvalue weighted by molar-refractivity contribution is 0.0217. The number of piperidine rings is 3. The van der Waals surface area contributed by atoms with Crippen molar-refractivity contribution in [2.45, 2.75) is 42.0 Å². The molecule has 3 aliphatic rings. The van der Waals surface area contributed by atoms with Crippen LogP contribution < -0.4 is 5.32 Å². The van der Waals surface area contributed by atoms with Crippen molar-refractivity contribution in [3.63, 3.8) is 0 Å². The van der Waals surface area contributed by atoms with Crippen LogP contribution in [0, 0.1) is 17.2 Å². The summed E-state index contributed by atoms with van der Waals surface area (Å²) in [6.45, 7) is 4.51. The number of hydrogen-bond acceptors (Lipinski definition) is 6. The molecular weight excluding hydrogens is 348 g/mol. The number of benzene rings is 1. The van der Waals surface area contributed by atoms with E-state index in [9.17, 15) is 4.79 Å². The summed E-state index contributed by atoms with van der Waals surface area (Å²) in [5.74, 6) is 0.572. The quantitative estimate of drug-likeness (QED) is 0.893. The van der Waals surface area contributed by atoms with E-state index in [1.807, 2.05) is 30.3 Å². The predicted octanol–water partition coefficient (Wildman–Crippen LogP) is 2.91. The summed E-state index contributed by atoms with van der Waals surface area (Å²) < 4.78 is 5.22. The molecule has 1 amide bonds. The number of nitrogens with one attached hydrogen (secondary N) is 1. The summed E-state index contributed by atoms with van der Waals surface area (Å²) >= 11 is 1.32. The molecular formula is C19H20N4O2S. The number of amides is 1. The Hall–Kier alpha value is -2.30. The molecule has 134 valence electrons. The fraction of sp³-hybridized carbons (Fsp3) is 0.421. The minimum absolute atomic E-state index is 0.0185. The van der Waals surface area contributed by atoms with Crippen LogP contribution in [0.4, 0.5) is 0 Å². The van der Waals surface area contributed by atoms with Crippen molar-refractivity contribution >= 4 is 17.7 Å². The van der Waals surface area contributed by atoms with Crippen LogP contribution in [0.3, 0.4) is 0 Å². The molecule has 2 atom stereocenters. The highest BCUT2D eigenvalue weighted by molar-refractivity contribution is 7.99. The second-order valence-electron chi connectivity index (χ2n) is 6.85. The van der Waals surface area contributed by atoms with Gasteiger partial charge in [-0.1, -0.05) is 0 Å². The maximum absolute atomic E-state index is 12.6. The summed E-state index contributed by atoms with van der Waals surface area (Å²) in [5, 5.41) is 12.4. The molecule has 0 saturated carbocycles. The molecule has 0 aliphatic carbocycles. The standard InChI is InChI=1S/C19H20N4O2S/c1-12-17(13-6-8-23(12)9-7-13)22-18(24)14-2-4-16(5-3-14)26-19-21-15(10-20)11-25-19/h2-5,11-13,17H,6-9H2,1H3,(H,22,24)/t12-,17-/m0/s1. The minimum Gasteiger partial charge on any atom is -0.438 e. The zero-order valence-corrected chi connectivity index (χ0v) is 15.3. The van der Waals surface area contributed by atoms with Crippen LogP contribution in [0.2, 0.25) is 0 Å². The predicted molar refractivity (Wildman–Crippen MR) is 96.8 cm³/mol. The minimum atomic E-state index is -0.0185. The van der Waals surface area contributed by atoms with E-state index in [4.69, 9.17) is 9.68 Å². The van der Waals surface area contributed by atoms with Crippen LogP contribution in [-0.2, 0) is 0 Å². The van der Waals surface area contributed by atoms with Crippen LogP contribution in [0.1, 0.15) is 35.8 Å². The topological polar surface area (TPSA) is 82.2 Å². The number of carbonyl (C=O) groups excluding carboxylic acids is 1. The zero-order valence-electron chi connectivity index (χ0n) is 14.5. The van der Waals surface area contributed by atoms with Crippen LogP contribution in [0.5, 0.6) is 0 Å². The second kappa shape index (κ2) is 7.14. The van der Waals surface area contributed by atoms with E-state index < -0.39 is 0 Å². The Morgan fingerprint density at radius 2 is 2.08 bits per heavy atom. The van der Waals surface area contributed by atoms with Gasteiger partial charge in [0, 0.05) is 22.5 Å². The van der Waals surface area contributed by atoms with E-state index in [2.05, 4.69) is 22.1 Å². The van der Waals surface area contributed by atoms with Crippen LogP contribution in [-0.4, -0.2) is 41.0 Å². The molecule has 6 nitrogen and oxygen atoms in total. The Bertz CT molecular complexity index is 832. The molecule has 3 aliphatic heterocycles. The first-order chi connectivity index (χ1) is 12.6. The average molecular weight is 368 g/mol. The first kappa shape index (κ1) is 17.1. The Morgan fingerprint density at radius 3 is 2.69 bits per heavy atom. The van der Waals surface area contributed by atoms with Crippen LogP contribution >= 0.6 is 11.8 Å². The van der Waals surface area contributed by atoms with Gasteiger partial charge in [0.2, 0.25) is 0 Å². The van der Waals surface area contributed by atoms with Crippen molar-refractivity contribution in [2.75, 3.05) is 13.1 Å². The highest BCUT2D eigenvalue weighted by Gasteiger charge is 2.40. The molecule has 5 rings (SSSR count). The fourth-order valence-corrected chi connectivity index (χ4v) is 4.62. The Balaban J connectivity index is 1.40. The third-order valence-electron chi connectivity index (χ3n) is 5.39. The normalized spacial score (nSPS) is 27.1. The second-order valence-corrected chi connectivity index (χ2v) is 7.87. The maximum Gasteiger partial charge on any atom is 0.261 e. The number of oxazole rings is 1. The lowest BCUT2D eigenvalue weighted by Gasteiger charge is -2.49. The molecule has 0 unspecified atom stereocenters. The van der Waals surface area contributed by atoms with E-state index in [1.54, 1.807) is 0 Å². The van der Waals surface area contributed by atoms with E-state index in [0.717, 1.165) is 18.0 Å². The van der Waals surface area contributed by atoms with Gasteiger partial charge in [-0.2, -0.15) is 10.2 Å². The number of nitrogens with zero attached hydrogens (tertiary/aromatic N) is 3. The molecule has 4 heterocycles. The number of fused-ring (bicyclic) bond motifs is 3. The molecule has 2 aromatic rings. The smallest absolute Gasteiger partial charge is 0.261 e. The first-order valence-electron chi connectivity index (χ1n) is 8.82. The molecule has 0 spiro atoms. The summed E-state index contributed by atoms with van der Waals surface area (Å²) in [6.07, 6.45) is 3.68. The van der Waals surface area contributed by atoms with Crippen molar-refractivity contribution in [3.8, 4) is 6.07 Å². The monoisotopic (exact) mass is 368 g/mol. The lowest BCUT2D eigenvalue weighted by atomic mass is 9.79. The van der Waals surface area contributed by atoms with Gasteiger partial charge >= 0.3 is 0 Å². The Labute approximate surface area is 156 Å². The lowest BCUT2D eigenvalue weighted by Crippen LogP contribution is -2.62. The number of carbonyl (C=O) groups is 1. The molecule has 0 radical (unpaired) electrons. The van der Waals surface area contributed by atoms with Crippen molar-refractivity contribution in [3.05, 3.63) is 41.8 Å². The van der Waals surface area contributed by atoms with Gasteiger partial charge in [0.05, 0.1) is 0 Å². The summed E-state index contributed by atoms with van der Waals surface area (Å²) in [6, 6.07) is 9.95. The molecule has 2 bridgehead atoms. The number of nitriles is 1. The van der Waals surface area contributed by atoms with Gasteiger partial charge in [-0.05, 0) is 74.8 Å². The molecule has 1 aromatic heterocycles. The Morgan fingerprint density at radius 1 is 1.35 bits per heavy atom. The van der Waals surface area contributed by atoms with E-state index in [-0.39, 0.29) is 17.6 Å². The summed E-state index contributed by atoms with van der Waals surface area (Å²) in [5.41, 5.74) is 0.915. The highest BCUT2D eigenvalue weighted by Crippen LogP contribution is 2.32. The van der Waals surface area contributed by atoms with E-state index >= 15 is 0 Å². The molecule has 3 fully saturated rings. The maximum atomic E-state index is 12.6. The van der Waals surface area contributed by atoms with Gasteiger partial charge in [-0.15, -0.1) is 0 Å². The number of rotatable bonds is 4. The third kappa shape index (κ3) is 3.35. The first-order valence-corrected chi connectivity index (χ1v) is 9.64. The fourth-order valence-electron chi connectivity index (χ4n) is 3.91. The van der Waals surface area contributed by atoms with Crippen LogP contribution in [0.25, 0.3) is 0 Å². The van der Waals surface area contributed by atoms with Gasteiger partial charge in [-0.3, -0.25) is 9.69 Å². The van der Waals surface area contributed by atoms with Crippen molar-refractivity contribution in [1.29, 1.82) is 5.26 Å². The largest absolute Gasteiger partial charge is 0.438 e. The number of aromatic nitrogens is 1. The average Bonchev–Trinajstić information content (AvgIpc) is 3.13. The molecule has 26 heavy (non-hydrogen) atoms. The summed E-state index contributed by atoms with van der Waals surface area (Å²) in [4.78, 5) is 20.1. The van der Waals surface area contributed by atoms with Gasteiger partial charge in [0.1, 0.15) is 12.3 Å². The van der Waals surface area contributed by atoms with Gasteiger partial charge in [-0.25, -0.2) is 0 Å². The third-order valence-corrected chi connectivity index (χ3v) is 6.26. The molecule has 7 heteroatoms. The van der Waals surface area contributed by atoms with Gasteiger partial charge in [0.15, 0.2) is 5.69 Å². The summed E-state index contributed by atoms with van der Waals surface area (Å²) in [7, 11) is 0. The van der Waals surface area contributed by atoms with Crippen LogP contribution in [0.15, 0.2) is 45.1 Å². The SMILES string of the molecule is C[C@H]1[C@H](NC(=O)c2ccc(Sc3nc(C#N)co3)cc2)C2CCN1CC2. The molecule has 1 aromatic carbocycles. The molecule has 1 N–H and O–H groups in total. The van der Waals surface area contributed by atoms with Crippen molar-refractivity contribution < 1.29 is 9.21 Å². The van der Waals surface area contributed by atoms with Crippen molar-refractivity contribution in [2.24, 2.45) is 5.92 Å². The number of hydrogen-bond donors (Lipinski definition) is 1. The van der Waals surface area contributed by atoms with E-state index in [0.29, 0.717) is 22.7 Å². The van der Waals surface area contributed by atoms with Gasteiger partial charge in [0.25, 0.3) is 11.1 Å². The Kier molecular flexibility index (Phi) is 4.70. The van der Waals surface area contributed by atoms with E-state index in [1.165, 1.54) is 30.9 Å². The highest BCUT2D eigenvalue weighted by atomic mass is 32.2. The van der Waals surface area contributed by atoms with Crippen molar-refractivity contribution in [1.82, 2.24) is 15.2 Å².